The predicted molar refractivity (Wildman–Crippen MR) is 70.5 cm³/mol. The Morgan fingerprint density at radius 2 is 2.16 bits per heavy atom. The van der Waals surface area contributed by atoms with Crippen molar-refractivity contribution < 1.29 is 4.79 Å². The molecule has 1 N–H and O–H groups in total. The Balaban J connectivity index is 1.47. The van der Waals surface area contributed by atoms with Crippen LogP contribution < -0.4 is 0 Å². The van der Waals surface area contributed by atoms with E-state index < -0.39 is 0 Å². The number of H-pyrrole nitrogens is 1. The summed E-state index contributed by atoms with van der Waals surface area (Å²) in [5.74, 6) is 0.701. The lowest BCUT2D eigenvalue weighted by Crippen LogP contribution is -2.48. The Morgan fingerprint density at radius 3 is 2.84 bits per heavy atom. The van der Waals surface area contributed by atoms with Gasteiger partial charge < -0.3 is 4.90 Å². The molecule has 98 valence electrons. The van der Waals surface area contributed by atoms with Crippen LogP contribution in [0.15, 0.2) is 36.9 Å². The zero-order chi connectivity index (χ0) is 13.1. The van der Waals surface area contributed by atoms with Gasteiger partial charge in [-0.25, -0.2) is 0 Å². The Bertz CT molecular complexity index is 532. The van der Waals surface area contributed by atoms with Gasteiger partial charge in [-0.3, -0.25) is 14.9 Å². The topological polar surface area (TPSA) is 61.9 Å². The van der Waals surface area contributed by atoms with E-state index in [4.69, 9.17) is 0 Å². The van der Waals surface area contributed by atoms with Crippen molar-refractivity contribution in [2.24, 2.45) is 0 Å². The largest absolute Gasteiger partial charge is 0.341 e. The summed E-state index contributed by atoms with van der Waals surface area (Å²) in [4.78, 5) is 17.9. The number of nitrogens with zero attached hydrogens (tertiary/aromatic N) is 3. The molecule has 0 bridgehead atoms. The van der Waals surface area contributed by atoms with Gasteiger partial charge in [0.05, 0.1) is 6.20 Å². The van der Waals surface area contributed by atoms with Crippen LogP contribution in [-0.4, -0.2) is 39.1 Å². The number of carbonyl (C=O) groups is 1. The molecule has 0 spiro atoms. The summed E-state index contributed by atoms with van der Waals surface area (Å²) in [7, 11) is 0. The van der Waals surface area contributed by atoms with E-state index in [1.165, 1.54) is 5.56 Å². The van der Waals surface area contributed by atoms with Gasteiger partial charge in [-0.05, 0) is 29.7 Å². The Labute approximate surface area is 111 Å². The van der Waals surface area contributed by atoms with Crippen LogP contribution in [0.4, 0.5) is 0 Å². The summed E-state index contributed by atoms with van der Waals surface area (Å²) in [5.41, 5.74) is 2.36. The molecule has 19 heavy (non-hydrogen) atoms. The molecule has 1 aliphatic rings. The maximum absolute atomic E-state index is 12.0. The molecular weight excluding hydrogens is 240 g/mol. The normalized spacial score (nSPS) is 15.3. The summed E-state index contributed by atoms with van der Waals surface area (Å²) < 4.78 is 0. The average molecular weight is 256 g/mol. The van der Waals surface area contributed by atoms with Gasteiger partial charge in [0.1, 0.15) is 0 Å². The van der Waals surface area contributed by atoms with Crippen LogP contribution in [-0.2, 0) is 11.2 Å². The van der Waals surface area contributed by atoms with Crippen LogP contribution in [0.3, 0.4) is 0 Å². The smallest absolute Gasteiger partial charge is 0.222 e. The van der Waals surface area contributed by atoms with E-state index in [1.54, 1.807) is 18.6 Å². The summed E-state index contributed by atoms with van der Waals surface area (Å²) >= 11 is 0. The van der Waals surface area contributed by atoms with E-state index >= 15 is 0 Å². The highest BCUT2D eigenvalue weighted by Crippen LogP contribution is 2.27. The molecule has 5 heteroatoms. The standard InChI is InChI=1S/C14H16N4O/c19-14(2-1-11-7-16-17-8-11)18-9-13(10-18)12-3-5-15-6-4-12/h3-8,13H,1-2,9-10H2,(H,16,17). The number of rotatable bonds is 4. The molecule has 3 rings (SSSR count). The summed E-state index contributed by atoms with van der Waals surface area (Å²) in [6, 6.07) is 4.05. The fourth-order valence-electron chi connectivity index (χ4n) is 2.35. The number of hydrogen-bond donors (Lipinski definition) is 1. The molecule has 5 nitrogen and oxygen atoms in total. The van der Waals surface area contributed by atoms with Crippen LogP contribution >= 0.6 is 0 Å². The van der Waals surface area contributed by atoms with Crippen LogP contribution in [0.5, 0.6) is 0 Å². The molecule has 1 saturated heterocycles. The second kappa shape index (κ2) is 5.22. The third-order valence-corrected chi connectivity index (χ3v) is 3.59. The SMILES string of the molecule is O=C(CCc1cn[nH]c1)N1CC(c2ccncc2)C1. The molecule has 3 heterocycles. The summed E-state index contributed by atoms with van der Waals surface area (Å²) in [6.07, 6.45) is 8.53. The number of aryl methyl sites for hydroxylation is 1. The fraction of sp³-hybridized carbons (Fsp3) is 0.357. The minimum Gasteiger partial charge on any atom is -0.341 e. The first kappa shape index (κ1) is 11.9. The maximum atomic E-state index is 12.0. The lowest BCUT2D eigenvalue weighted by atomic mass is 9.92. The summed E-state index contributed by atoms with van der Waals surface area (Å²) in [6.45, 7) is 1.66. The van der Waals surface area contributed by atoms with Gasteiger partial charge in [-0.15, -0.1) is 0 Å². The second-order valence-corrected chi connectivity index (χ2v) is 4.88. The minimum atomic E-state index is 0.228. The molecule has 0 unspecified atom stereocenters. The number of aromatic amines is 1. The predicted octanol–water partition coefficient (Wildman–Crippen LogP) is 1.36. The zero-order valence-corrected chi connectivity index (χ0v) is 10.6. The molecule has 2 aromatic rings. The van der Waals surface area contributed by atoms with Crippen molar-refractivity contribution in [3.63, 3.8) is 0 Å². The van der Waals surface area contributed by atoms with E-state index in [-0.39, 0.29) is 5.91 Å². The highest BCUT2D eigenvalue weighted by atomic mass is 16.2. The van der Waals surface area contributed by atoms with Gasteiger partial charge in [0, 0.05) is 44.0 Å². The quantitative estimate of drug-likeness (QED) is 0.898. The van der Waals surface area contributed by atoms with E-state index in [2.05, 4.69) is 15.2 Å². The molecule has 0 radical (unpaired) electrons. The molecule has 1 aliphatic heterocycles. The third-order valence-electron chi connectivity index (χ3n) is 3.59. The number of carbonyl (C=O) groups excluding carboxylic acids is 1. The number of aromatic nitrogens is 3. The first-order chi connectivity index (χ1) is 9.33. The van der Waals surface area contributed by atoms with Crippen molar-refractivity contribution in [2.45, 2.75) is 18.8 Å². The highest BCUT2D eigenvalue weighted by molar-refractivity contribution is 5.77. The van der Waals surface area contributed by atoms with E-state index in [0.717, 1.165) is 25.1 Å². The number of hydrogen-bond acceptors (Lipinski definition) is 3. The van der Waals surface area contributed by atoms with Crippen molar-refractivity contribution in [1.29, 1.82) is 0 Å². The first-order valence-electron chi connectivity index (χ1n) is 6.48. The lowest BCUT2D eigenvalue weighted by molar-refractivity contribution is -0.135. The van der Waals surface area contributed by atoms with Crippen molar-refractivity contribution in [3.8, 4) is 0 Å². The molecule has 0 aromatic carbocycles. The van der Waals surface area contributed by atoms with E-state index in [9.17, 15) is 4.79 Å². The average Bonchev–Trinajstić information content (AvgIpc) is 2.89. The van der Waals surface area contributed by atoms with Crippen molar-refractivity contribution in [2.75, 3.05) is 13.1 Å². The van der Waals surface area contributed by atoms with Crippen LogP contribution in [0.1, 0.15) is 23.5 Å². The highest BCUT2D eigenvalue weighted by Gasteiger charge is 2.31. The number of amides is 1. The van der Waals surface area contributed by atoms with Crippen molar-refractivity contribution in [3.05, 3.63) is 48.0 Å². The van der Waals surface area contributed by atoms with Crippen LogP contribution in [0, 0.1) is 0 Å². The van der Waals surface area contributed by atoms with Crippen molar-refractivity contribution in [1.82, 2.24) is 20.1 Å². The first-order valence-corrected chi connectivity index (χ1v) is 6.48. The molecule has 1 fully saturated rings. The molecular formula is C14H16N4O. The minimum absolute atomic E-state index is 0.228. The number of likely N-dealkylation sites (tertiary alicyclic amines) is 1. The van der Waals surface area contributed by atoms with Crippen LogP contribution in [0.2, 0.25) is 0 Å². The monoisotopic (exact) mass is 256 g/mol. The Kier molecular flexibility index (Phi) is 3.27. The molecule has 0 atom stereocenters. The van der Waals surface area contributed by atoms with E-state index in [1.807, 2.05) is 23.2 Å². The molecule has 0 saturated carbocycles. The van der Waals surface area contributed by atoms with Gasteiger partial charge in [-0.2, -0.15) is 5.10 Å². The Morgan fingerprint density at radius 1 is 1.37 bits per heavy atom. The molecule has 1 amide bonds. The zero-order valence-electron chi connectivity index (χ0n) is 10.6. The van der Waals surface area contributed by atoms with Crippen molar-refractivity contribution >= 4 is 5.91 Å². The van der Waals surface area contributed by atoms with Gasteiger partial charge >= 0.3 is 0 Å². The number of nitrogens with one attached hydrogen (secondary N) is 1. The van der Waals surface area contributed by atoms with Gasteiger partial charge in [0.25, 0.3) is 0 Å². The summed E-state index contributed by atoms with van der Waals surface area (Å²) in [5, 5.41) is 6.63. The van der Waals surface area contributed by atoms with Gasteiger partial charge in [0.15, 0.2) is 0 Å². The van der Waals surface area contributed by atoms with Gasteiger partial charge in [0.2, 0.25) is 5.91 Å². The van der Waals surface area contributed by atoms with Gasteiger partial charge in [-0.1, -0.05) is 0 Å². The van der Waals surface area contributed by atoms with Crippen LogP contribution in [0.25, 0.3) is 0 Å². The van der Waals surface area contributed by atoms with E-state index in [0.29, 0.717) is 12.3 Å². The lowest BCUT2D eigenvalue weighted by Gasteiger charge is -2.39. The second-order valence-electron chi connectivity index (χ2n) is 4.88. The Hall–Kier alpha value is -2.17. The maximum Gasteiger partial charge on any atom is 0.222 e. The molecule has 0 aliphatic carbocycles. The molecule has 2 aromatic heterocycles. The fourth-order valence-corrected chi connectivity index (χ4v) is 2.35. The number of pyridine rings is 1. The third kappa shape index (κ3) is 2.65.